The number of anilines is 1. The van der Waals surface area contributed by atoms with Crippen molar-refractivity contribution in [2.75, 3.05) is 5.32 Å². The van der Waals surface area contributed by atoms with Gasteiger partial charge in [0.25, 0.3) is 5.91 Å². The topological polar surface area (TPSA) is 68.0 Å². The van der Waals surface area contributed by atoms with Crippen LogP contribution >= 0.6 is 38.9 Å². The Hall–Kier alpha value is -1.70. The molecule has 0 aliphatic heterocycles. The molecule has 5 nitrogen and oxygen atoms in total. The molecule has 8 heteroatoms. The summed E-state index contributed by atoms with van der Waals surface area (Å²) in [6.45, 7) is 0. The maximum Gasteiger partial charge on any atom is 0.275 e. The third-order valence-corrected chi connectivity index (χ3v) is 4.72. The molecule has 0 aromatic carbocycles. The van der Waals surface area contributed by atoms with E-state index in [1.807, 2.05) is 0 Å². The van der Waals surface area contributed by atoms with Crippen LogP contribution in [0.5, 0.6) is 0 Å². The molecule has 0 saturated heterocycles. The number of halogens is 2. The third kappa shape index (κ3) is 2.99. The van der Waals surface area contributed by atoms with Gasteiger partial charge in [-0.3, -0.25) is 9.78 Å². The SMILES string of the molecule is O=C(Nc1cncc(Br)c1Cl)c1csc(-c2ccoc2)n1. The van der Waals surface area contributed by atoms with Crippen LogP contribution in [0.3, 0.4) is 0 Å². The van der Waals surface area contributed by atoms with E-state index in [2.05, 4.69) is 31.2 Å². The summed E-state index contributed by atoms with van der Waals surface area (Å²) in [5.74, 6) is -0.345. The first kappa shape index (κ1) is 14.2. The lowest BCUT2D eigenvalue weighted by Crippen LogP contribution is -2.12. The van der Waals surface area contributed by atoms with Gasteiger partial charge < -0.3 is 9.73 Å². The second kappa shape index (κ2) is 5.97. The highest BCUT2D eigenvalue weighted by Gasteiger charge is 2.15. The fraction of sp³-hybridized carbons (Fsp3) is 0. The molecule has 3 aromatic heterocycles. The summed E-state index contributed by atoms with van der Waals surface area (Å²) in [6, 6.07) is 1.79. The van der Waals surface area contributed by atoms with Gasteiger partial charge in [-0.25, -0.2) is 4.98 Å². The minimum atomic E-state index is -0.345. The van der Waals surface area contributed by atoms with Gasteiger partial charge in [0.15, 0.2) is 0 Å². The van der Waals surface area contributed by atoms with Gasteiger partial charge in [-0.15, -0.1) is 11.3 Å². The summed E-state index contributed by atoms with van der Waals surface area (Å²) >= 11 is 10.7. The number of furan rings is 1. The highest BCUT2D eigenvalue weighted by atomic mass is 79.9. The minimum Gasteiger partial charge on any atom is -0.472 e. The van der Waals surface area contributed by atoms with Crippen molar-refractivity contribution in [2.24, 2.45) is 0 Å². The highest BCUT2D eigenvalue weighted by Crippen LogP contribution is 2.29. The fourth-order valence-corrected chi connectivity index (χ4v) is 2.85. The molecule has 0 atom stereocenters. The van der Waals surface area contributed by atoms with Gasteiger partial charge in [-0.1, -0.05) is 11.6 Å². The van der Waals surface area contributed by atoms with Crippen LogP contribution < -0.4 is 5.32 Å². The standard InChI is InChI=1S/C13H7BrClN3O2S/c14-8-3-16-4-9(11(8)15)17-12(19)10-6-21-13(18-10)7-1-2-20-5-7/h1-6H,(H,17,19). The Balaban J connectivity index is 1.81. The Morgan fingerprint density at radius 1 is 1.43 bits per heavy atom. The van der Waals surface area contributed by atoms with Crippen LogP contribution in [0.4, 0.5) is 5.69 Å². The second-order valence-electron chi connectivity index (χ2n) is 3.99. The van der Waals surface area contributed by atoms with Gasteiger partial charge >= 0.3 is 0 Å². The average Bonchev–Trinajstić information content (AvgIpc) is 3.13. The predicted octanol–water partition coefficient (Wildman–Crippen LogP) is 4.47. The number of carbonyl (C=O) groups excluding carboxylic acids is 1. The Morgan fingerprint density at radius 2 is 2.29 bits per heavy atom. The van der Waals surface area contributed by atoms with Crippen molar-refractivity contribution in [2.45, 2.75) is 0 Å². The molecule has 0 unspecified atom stereocenters. The lowest BCUT2D eigenvalue weighted by molar-refractivity contribution is 0.102. The summed E-state index contributed by atoms with van der Waals surface area (Å²) < 4.78 is 5.61. The smallest absolute Gasteiger partial charge is 0.275 e. The fourth-order valence-electron chi connectivity index (χ4n) is 1.59. The zero-order chi connectivity index (χ0) is 14.8. The lowest BCUT2D eigenvalue weighted by Gasteiger charge is -2.05. The van der Waals surface area contributed by atoms with E-state index in [4.69, 9.17) is 16.0 Å². The summed E-state index contributed by atoms with van der Waals surface area (Å²) in [6.07, 6.45) is 6.17. The van der Waals surface area contributed by atoms with Gasteiger partial charge in [0.05, 0.1) is 27.6 Å². The van der Waals surface area contributed by atoms with Crippen molar-refractivity contribution in [1.29, 1.82) is 0 Å². The van der Waals surface area contributed by atoms with Gasteiger partial charge in [0, 0.05) is 17.1 Å². The molecule has 21 heavy (non-hydrogen) atoms. The van der Waals surface area contributed by atoms with Crippen LogP contribution in [-0.4, -0.2) is 15.9 Å². The van der Waals surface area contributed by atoms with E-state index in [9.17, 15) is 4.79 Å². The molecule has 0 bridgehead atoms. The second-order valence-corrected chi connectivity index (χ2v) is 6.08. The first-order valence-electron chi connectivity index (χ1n) is 5.73. The van der Waals surface area contributed by atoms with Crippen molar-refractivity contribution in [3.63, 3.8) is 0 Å². The van der Waals surface area contributed by atoms with Crippen molar-refractivity contribution in [3.8, 4) is 10.6 Å². The number of nitrogens with one attached hydrogen (secondary N) is 1. The van der Waals surface area contributed by atoms with E-state index in [-0.39, 0.29) is 5.91 Å². The molecule has 3 rings (SSSR count). The summed E-state index contributed by atoms with van der Waals surface area (Å²) in [4.78, 5) is 20.4. The van der Waals surface area contributed by atoms with Crippen molar-refractivity contribution in [1.82, 2.24) is 9.97 Å². The Kier molecular flexibility index (Phi) is 4.05. The van der Waals surface area contributed by atoms with E-state index in [1.165, 1.54) is 17.5 Å². The maximum absolute atomic E-state index is 12.2. The Bertz CT molecular complexity index is 789. The summed E-state index contributed by atoms with van der Waals surface area (Å²) in [5.41, 5.74) is 1.57. The van der Waals surface area contributed by atoms with Crippen LogP contribution in [0.1, 0.15) is 10.5 Å². The van der Waals surface area contributed by atoms with E-state index >= 15 is 0 Å². The molecular weight excluding hydrogens is 378 g/mol. The van der Waals surface area contributed by atoms with E-state index in [1.54, 1.807) is 30.2 Å². The molecule has 3 aromatic rings. The van der Waals surface area contributed by atoms with E-state index in [0.717, 1.165) is 5.56 Å². The number of pyridine rings is 1. The normalized spacial score (nSPS) is 10.6. The largest absolute Gasteiger partial charge is 0.472 e. The van der Waals surface area contributed by atoms with Gasteiger partial charge in [0.2, 0.25) is 0 Å². The molecule has 0 aliphatic carbocycles. The lowest BCUT2D eigenvalue weighted by atomic mass is 10.3. The van der Waals surface area contributed by atoms with Crippen LogP contribution in [0.15, 0.2) is 45.3 Å². The quantitative estimate of drug-likeness (QED) is 0.723. The Morgan fingerprint density at radius 3 is 3.05 bits per heavy atom. The van der Waals surface area contributed by atoms with Crippen molar-refractivity contribution in [3.05, 3.63) is 51.6 Å². The van der Waals surface area contributed by atoms with Gasteiger partial charge in [0.1, 0.15) is 17.0 Å². The summed E-state index contributed by atoms with van der Waals surface area (Å²) in [7, 11) is 0. The molecule has 0 radical (unpaired) electrons. The molecular formula is C13H7BrClN3O2S. The maximum atomic E-state index is 12.2. The average molecular weight is 385 g/mol. The monoisotopic (exact) mass is 383 g/mol. The molecule has 1 N–H and O–H groups in total. The highest BCUT2D eigenvalue weighted by molar-refractivity contribution is 9.10. The number of carbonyl (C=O) groups is 1. The zero-order valence-electron chi connectivity index (χ0n) is 10.3. The van der Waals surface area contributed by atoms with Crippen molar-refractivity contribution >= 4 is 50.5 Å². The molecule has 106 valence electrons. The molecule has 1 amide bonds. The molecule has 3 heterocycles. The van der Waals surface area contributed by atoms with Crippen LogP contribution in [0, 0.1) is 0 Å². The molecule has 0 aliphatic rings. The number of hydrogen-bond donors (Lipinski definition) is 1. The predicted molar refractivity (Wildman–Crippen MR) is 84.7 cm³/mol. The molecule has 0 fully saturated rings. The van der Waals surface area contributed by atoms with Crippen LogP contribution in [0.25, 0.3) is 10.6 Å². The van der Waals surface area contributed by atoms with Gasteiger partial charge in [-0.05, 0) is 22.0 Å². The number of nitrogens with zero attached hydrogens (tertiary/aromatic N) is 2. The molecule has 0 spiro atoms. The number of aromatic nitrogens is 2. The van der Waals surface area contributed by atoms with Gasteiger partial charge in [-0.2, -0.15) is 0 Å². The van der Waals surface area contributed by atoms with Crippen molar-refractivity contribution < 1.29 is 9.21 Å². The van der Waals surface area contributed by atoms with E-state index in [0.29, 0.717) is 25.9 Å². The van der Waals surface area contributed by atoms with Crippen LogP contribution in [-0.2, 0) is 0 Å². The van der Waals surface area contributed by atoms with E-state index < -0.39 is 0 Å². The van der Waals surface area contributed by atoms with Crippen LogP contribution in [0.2, 0.25) is 5.02 Å². The first-order chi connectivity index (χ1) is 10.1. The number of rotatable bonds is 3. The summed E-state index contributed by atoms with van der Waals surface area (Å²) in [5, 5.41) is 5.47. The first-order valence-corrected chi connectivity index (χ1v) is 7.78. The minimum absolute atomic E-state index is 0.312. The Labute approximate surface area is 137 Å². The number of hydrogen-bond acceptors (Lipinski definition) is 5. The number of thiazole rings is 1. The zero-order valence-corrected chi connectivity index (χ0v) is 13.5. The molecule has 0 saturated carbocycles. The number of amides is 1. The third-order valence-electron chi connectivity index (χ3n) is 2.59.